The number of likely N-dealkylation sites (tertiary alicyclic amines) is 1. The first-order valence-electron chi connectivity index (χ1n) is 14.1. The number of aliphatic hydroxyl groups is 1. The lowest BCUT2D eigenvalue weighted by Gasteiger charge is -2.35. The van der Waals surface area contributed by atoms with Gasteiger partial charge in [-0.25, -0.2) is 14.4 Å². The zero-order valence-corrected chi connectivity index (χ0v) is 22.7. The van der Waals surface area contributed by atoms with Gasteiger partial charge in [-0.1, -0.05) is 0 Å². The number of hydrogen-bond donors (Lipinski definition) is 2. The van der Waals surface area contributed by atoms with Crippen LogP contribution in [0.1, 0.15) is 55.6 Å². The van der Waals surface area contributed by atoms with Crippen LogP contribution in [0.25, 0.3) is 33.6 Å². The van der Waals surface area contributed by atoms with E-state index in [0.29, 0.717) is 59.1 Å². The van der Waals surface area contributed by atoms with E-state index in [1.54, 1.807) is 24.5 Å². The first-order valence-corrected chi connectivity index (χ1v) is 14.1. The summed E-state index contributed by atoms with van der Waals surface area (Å²) < 4.78 is 19.5. The fraction of sp³-hybridized carbons (Fsp3) is 0.500. The normalized spacial score (nSPS) is 21.7. The summed E-state index contributed by atoms with van der Waals surface area (Å²) >= 11 is 0. The zero-order chi connectivity index (χ0) is 27.1. The van der Waals surface area contributed by atoms with Gasteiger partial charge in [-0.15, -0.1) is 0 Å². The van der Waals surface area contributed by atoms with Gasteiger partial charge in [-0.3, -0.25) is 4.79 Å². The number of carbonyl (C=O) groups excluding carboxylic acids is 1. The van der Waals surface area contributed by atoms with Crippen molar-refractivity contribution in [1.82, 2.24) is 29.3 Å². The lowest BCUT2D eigenvalue weighted by atomic mass is 9.92. The van der Waals surface area contributed by atoms with E-state index in [1.807, 2.05) is 30.1 Å². The maximum absolute atomic E-state index is 15.6. The molecule has 0 spiro atoms. The maximum atomic E-state index is 15.6. The highest BCUT2D eigenvalue weighted by Crippen LogP contribution is 2.37. The van der Waals surface area contributed by atoms with Crippen molar-refractivity contribution in [1.29, 1.82) is 0 Å². The van der Waals surface area contributed by atoms with Crippen molar-refractivity contribution >= 4 is 28.0 Å². The lowest BCUT2D eigenvalue weighted by Crippen LogP contribution is -2.48. The Balaban J connectivity index is 1.30. The van der Waals surface area contributed by atoms with Crippen LogP contribution in [0.5, 0.6) is 0 Å². The predicted octanol–water partition coefficient (Wildman–Crippen LogP) is 4.19. The molecule has 3 aromatic heterocycles. The van der Waals surface area contributed by atoms with Crippen molar-refractivity contribution in [3.8, 4) is 11.5 Å². The third-order valence-corrected chi connectivity index (χ3v) is 8.87. The first kappa shape index (κ1) is 24.7. The van der Waals surface area contributed by atoms with Gasteiger partial charge in [-0.05, 0) is 88.2 Å². The number of aromatic nitrogens is 4. The number of fused-ring (bicyclic) bond motifs is 3. The van der Waals surface area contributed by atoms with Gasteiger partial charge in [0.1, 0.15) is 22.6 Å². The topological polar surface area (TPSA) is 88.2 Å². The Bertz CT molecular complexity index is 1610. The summed E-state index contributed by atoms with van der Waals surface area (Å²) in [7, 11) is 1.82. The van der Waals surface area contributed by atoms with Crippen LogP contribution in [0, 0.1) is 17.7 Å². The fourth-order valence-corrected chi connectivity index (χ4v) is 6.44. The molecule has 3 aliphatic rings. The van der Waals surface area contributed by atoms with Crippen LogP contribution >= 0.6 is 0 Å². The van der Waals surface area contributed by atoms with Crippen LogP contribution in [-0.4, -0.2) is 60.7 Å². The highest BCUT2D eigenvalue weighted by Gasteiger charge is 2.35. The number of piperidine rings is 1. The maximum Gasteiger partial charge on any atom is 0.254 e. The Labute approximate surface area is 226 Å². The van der Waals surface area contributed by atoms with Crippen LogP contribution in [-0.2, 0) is 19.2 Å². The molecule has 1 aromatic carbocycles. The molecule has 0 radical (unpaired) electrons. The Hall–Kier alpha value is -3.30. The molecule has 1 saturated carbocycles. The molecule has 7 rings (SSSR count). The summed E-state index contributed by atoms with van der Waals surface area (Å²) in [6.07, 6.45) is 4.48. The molecule has 8 nitrogen and oxygen atoms in total. The van der Waals surface area contributed by atoms with E-state index >= 15 is 4.39 Å². The summed E-state index contributed by atoms with van der Waals surface area (Å²) in [5, 5.41) is 15.0. The van der Waals surface area contributed by atoms with E-state index in [2.05, 4.69) is 9.88 Å². The average molecular weight is 531 g/mol. The molecule has 2 saturated heterocycles. The van der Waals surface area contributed by atoms with E-state index in [0.717, 1.165) is 42.7 Å². The van der Waals surface area contributed by atoms with Gasteiger partial charge in [0.25, 0.3) is 5.91 Å². The molecular formula is C30H35FN6O2. The van der Waals surface area contributed by atoms with Crippen LogP contribution in [0.15, 0.2) is 30.3 Å². The molecule has 2 aliphatic heterocycles. The number of hydrogen-bond acceptors (Lipinski definition) is 5. The average Bonchev–Trinajstić information content (AvgIpc) is 3.32. The second-order valence-corrected chi connectivity index (χ2v) is 12.2. The minimum atomic E-state index is -1.06. The molecular weight excluding hydrogens is 495 g/mol. The number of halogens is 1. The lowest BCUT2D eigenvalue weighted by molar-refractivity contribution is 0.0668. The van der Waals surface area contributed by atoms with E-state index in [9.17, 15) is 9.90 Å². The Morgan fingerprint density at radius 3 is 2.74 bits per heavy atom. The quantitative estimate of drug-likeness (QED) is 0.404. The number of nitrogens with one attached hydrogen (secondary N) is 1. The molecule has 3 fully saturated rings. The van der Waals surface area contributed by atoms with Crippen molar-refractivity contribution in [3.05, 3.63) is 47.4 Å². The third kappa shape index (κ3) is 4.23. The van der Waals surface area contributed by atoms with Crippen molar-refractivity contribution in [3.63, 3.8) is 0 Å². The number of nitrogens with zero attached hydrogens (tertiary/aromatic N) is 5. The molecule has 9 heteroatoms. The van der Waals surface area contributed by atoms with Gasteiger partial charge in [0.05, 0.1) is 16.9 Å². The molecule has 204 valence electrons. The second kappa shape index (κ2) is 8.86. The second-order valence-electron chi connectivity index (χ2n) is 12.2. The summed E-state index contributed by atoms with van der Waals surface area (Å²) in [5.41, 5.74) is 2.39. The fourth-order valence-electron chi connectivity index (χ4n) is 6.44. The predicted molar refractivity (Wildman–Crippen MR) is 148 cm³/mol. The largest absolute Gasteiger partial charge is 0.384 e. The van der Waals surface area contributed by atoms with E-state index < -0.39 is 11.4 Å². The van der Waals surface area contributed by atoms with E-state index in [1.165, 1.54) is 18.9 Å². The van der Waals surface area contributed by atoms with Crippen LogP contribution < -0.4 is 5.32 Å². The van der Waals surface area contributed by atoms with Crippen LogP contribution in [0.4, 0.5) is 4.39 Å². The SMILES string of the molecule is Cn1c(-c2cc3ccc(C(C)(C)O)nc3n2CC2CC2)nc2cc(C(=O)N3CC[C@@H]4CCN[C@@H]4C3)cc(F)c21. The Morgan fingerprint density at radius 1 is 1.15 bits per heavy atom. The van der Waals surface area contributed by atoms with Crippen LogP contribution in [0.3, 0.4) is 0 Å². The van der Waals surface area contributed by atoms with Gasteiger partial charge >= 0.3 is 0 Å². The minimum absolute atomic E-state index is 0.138. The van der Waals surface area contributed by atoms with Crippen LogP contribution in [0.2, 0.25) is 0 Å². The van der Waals surface area contributed by atoms with Crippen molar-refractivity contribution in [2.24, 2.45) is 18.9 Å². The van der Waals surface area contributed by atoms with E-state index in [4.69, 9.17) is 9.97 Å². The molecule has 0 bridgehead atoms. The molecule has 0 unspecified atom stereocenters. The molecule has 4 aromatic rings. The third-order valence-electron chi connectivity index (χ3n) is 8.87. The highest BCUT2D eigenvalue weighted by molar-refractivity contribution is 5.98. The number of imidazole rings is 1. The smallest absolute Gasteiger partial charge is 0.254 e. The molecule has 1 amide bonds. The number of amides is 1. The number of rotatable bonds is 5. The molecule has 39 heavy (non-hydrogen) atoms. The molecule has 5 heterocycles. The number of pyridine rings is 1. The highest BCUT2D eigenvalue weighted by atomic mass is 19.1. The summed E-state index contributed by atoms with van der Waals surface area (Å²) in [6, 6.07) is 9.30. The van der Waals surface area contributed by atoms with Gasteiger partial charge < -0.3 is 24.5 Å². The van der Waals surface area contributed by atoms with Gasteiger partial charge in [0, 0.05) is 43.7 Å². The number of benzene rings is 1. The number of carbonyl (C=O) groups is 1. The standard InChI is InChI=1S/C30H35FN6O2/c1-30(2,39)25-7-6-19-14-24(37(27(19)34-25)15-17-4-5-17)28-33-22-13-20(12-21(31)26(22)35(28)3)29(38)36-11-9-18-8-10-32-23(18)16-36/h6-7,12-14,17-18,23,32,39H,4-5,8-11,15-16H2,1-3H3/t18-,23+/m0/s1. The first-order chi connectivity index (χ1) is 18.7. The Kier molecular flexibility index (Phi) is 5.61. The van der Waals surface area contributed by atoms with Gasteiger partial charge in [0.2, 0.25) is 0 Å². The van der Waals surface area contributed by atoms with Gasteiger partial charge in [-0.2, -0.15) is 0 Å². The van der Waals surface area contributed by atoms with E-state index in [-0.39, 0.29) is 5.91 Å². The van der Waals surface area contributed by atoms with Gasteiger partial charge in [0.15, 0.2) is 5.82 Å². The summed E-state index contributed by atoms with van der Waals surface area (Å²) in [5.74, 6) is 1.25. The zero-order valence-electron chi connectivity index (χ0n) is 22.7. The molecule has 2 N–H and O–H groups in total. The molecule has 1 aliphatic carbocycles. The Morgan fingerprint density at radius 2 is 1.97 bits per heavy atom. The van der Waals surface area contributed by atoms with Crippen molar-refractivity contribution < 1.29 is 14.3 Å². The summed E-state index contributed by atoms with van der Waals surface area (Å²) in [6.45, 7) is 6.63. The van der Waals surface area contributed by atoms with Crippen molar-refractivity contribution in [2.75, 3.05) is 19.6 Å². The monoisotopic (exact) mass is 530 g/mol. The minimum Gasteiger partial charge on any atom is -0.384 e. The number of aryl methyl sites for hydroxylation is 1. The summed E-state index contributed by atoms with van der Waals surface area (Å²) in [4.78, 5) is 25.0. The van der Waals surface area contributed by atoms with Crippen molar-refractivity contribution in [2.45, 2.75) is 57.7 Å². The molecule has 2 atom stereocenters.